The van der Waals surface area contributed by atoms with E-state index in [1.54, 1.807) is 12.1 Å². The lowest BCUT2D eigenvalue weighted by atomic mass is 10.3. The summed E-state index contributed by atoms with van der Waals surface area (Å²) in [5.74, 6) is 1.37. The second-order valence-electron chi connectivity index (χ2n) is 4.63. The van der Waals surface area contributed by atoms with Gasteiger partial charge in [0.25, 0.3) is 0 Å². The predicted octanol–water partition coefficient (Wildman–Crippen LogP) is 2.69. The molecule has 0 aliphatic carbocycles. The van der Waals surface area contributed by atoms with Crippen LogP contribution in [0.2, 0.25) is 0 Å². The van der Waals surface area contributed by atoms with Crippen LogP contribution in [-0.2, 0) is 0 Å². The minimum absolute atomic E-state index is 0. The molecule has 4 nitrogen and oxygen atoms in total. The maximum Gasteiger partial charge on any atom is 0.195 e. The molecule has 1 aromatic carbocycles. The molecule has 20 heavy (non-hydrogen) atoms. The standard InChI is InChI=1S/C14H22FN3O.HI/c1-17(2)14(18(3)4)16-10-5-11-19-13-8-6-12(15)7-9-13;/h6-9H,5,10-11H2,1-4H3;1H. The van der Waals surface area contributed by atoms with Crippen LogP contribution in [0.1, 0.15) is 6.42 Å². The Balaban J connectivity index is 0.00000361. The van der Waals surface area contributed by atoms with E-state index in [1.807, 2.05) is 38.0 Å². The molecule has 0 aliphatic rings. The largest absolute Gasteiger partial charge is 0.494 e. The molecule has 0 radical (unpaired) electrons. The zero-order valence-electron chi connectivity index (χ0n) is 12.5. The minimum atomic E-state index is -0.251. The SMILES string of the molecule is CN(C)C(=NCCCOc1ccc(F)cc1)N(C)C.I. The summed E-state index contributed by atoms with van der Waals surface area (Å²) in [6.45, 7) is 1.27. The van der Waals surface area contributed by atoms with Gasteiger partial charge in [-0.15, -0.1) is 24.0 Å². The molecular weight excluding hydrogens is 372 g/mol. The highest BCUT2D eigenvalue weighted by atomic mass is 127. The number of ether oxygens (including phenoxy) is 1. The smallest absolute Gasteiger partial charge is 0.195 e. The molecule has 0 fully saturated rings. The highest BCUT2D eigenvalue weighted by Gasteiger charge is 2.03. The number of rotatable bonds is 5. The predicted molar refractivity (Wildman–Crippen MR) is 91.6 cm³/mol. The molecule has 0 unspecified atom stereocenters. The van der Waals surface area contributed by atoms with Crippen molar-refractivity contribution in [3.05, 3.63) is 30.1 Å². The van der Waals surface area contributed by atoms with Gasteiger partial charge in [0.05, 0.1) is 6.61 Å². The van der Waals surface area contributed by atoms with Crippen molar-refractivity contribution in [3.8, 4) is 5.75 Å². The van der Waals surface area contributed by atoms with E-state index >= 15 is 0 Å². The van der Waals surface area contributed by atoms with E-state index in [-0.39, 0.29) is 29.8 Å². The van der Waals surface area contributed by atoms with Crippen molar-refractivity contribution in [2.75, 3.05) is 41.3 Å². The maximum atomic E-state index is 12.7. The van der Waals surface area contributed by atoms with Crippen molar-refractivity contribution in [1.82, 2.24) is 9.80 Å². The van der Waals surface area contributed by atoms with Crippen LogP contribution in [0.3, 0.4) is 0 Å². The minimum Gasteiger partial charge on any atom is -0.494 e. The van der Waals surface area contributed by atoms with E-state index in [0.29, 0.717) is 18.9 Å². The van der Waals surface area contributed by atoms with Gasteiger partial charge in [0.2, 0.25) is 0 Å². The zero-order valence-corrected chi connectivity index (χ0v) is 14.8. The quantitative estimate of drug-likeness (QED) is 0.332. The molecule has 114 valence electrons. The molecule has 1 rings (SSSR count). The van der Waals surface area contributed by atoms with E-state index in [4.69, 9.17) is 4.74 Å². The van der Waals surface area contributed by atoms with Crippen LogP contribution >= 0.6 is 24.0 Å². The fourth-order valence-electron chi connectivity index (χ4n) is 1.65. The first-order valence-corrected chi connectivity index (χ1v) is 6.28. The van der Waals surface area contributed by atoms with Crippen LogP contribution in [0.4, 0.5) is 4.39 Å². The van der Waals surface area contributed by atoms with Crippen LogP contribution in [0, 0.1) is 5.82 Å². The molecule has 0 aliphatic heterocycles. The highest BCUT2D eigenvalue weighted by molar-refractivity contribution is 14.0. The molecule has 0 saturated carbocycles. The third-order valence-electron chi connectivity index (χ3n) is 2.44. The average Bonchev–Trinajstić information content (AvgIpc) is 2.34. The molecule has 0 aromatic heterocycles. The van der Waals surface area contributed by atoms with E-state index < -0.39 is 0 Å². The summed E-state index contributed by atoms with van der Waals surface area (Å²) in [6.07, 6.45) is 0.822. The van der Waals surface area contributed by atoms with Gasteiger partial charge in [-0.25, -0.2) is 4.39 Å². The number of aliphatic imine (C=N–C) groups is 1. The third-order valence-corrected chi connectivity index (χ3v) is 2.44. The Bertz CT molecular complexity index is 397. The van der Waals surface area contributed by atoms with Crippen LogP contribution in [0.25, 0.3) is 0 Å². The highest BCUT2D eigenvalue weighted by Crippen LogP contribution is 2.11. The monoisotopic (exact) mass is 395 g/mol. The van der Waals surface area contributed by atoms with Gasteiger partial charge in [-0.05, 0) is 24.3 Å². The second kappa shape index (κ2) is 9.79. The van der Waals surface area contributed by atoms with Gasteiger partial charge < -0.3 is 14.5 Å². The van der Waals surface area contributed by atoms with Crippen LogP contribution in [0.5, 0.6) is 5.75 Å². The van der Waals surface area contributed by atoms with E-state index in [9.17, 15) is 4.39 Å². The lowest BCUT2D eigenvalue weighted by Crippen LogP contribution is -2.35. The molecule has 0 amide bonds. The van der Waals surface area contributed by atoms with Crippen molar-refractivity contribution in [1.29, 1.82) is 0 Å². The first kappa shape index (κ1) is 18.9. The first-order chi connectivity index (χ1) is 9.00. The van der Waals surface area contributed by atoms with E-state index in [1.165, 1.54) is 12.1 Å². The molecule has 0 N–H and O–H groups in total. The van der Waals surface area contributed by atoms with Crippen LogP contribution in [-0.4, -0.2) is 57.1 Å². The van der Waals surface area contributed by atoms with Gasteiger partial charge in [0, 0.05) is 41.2 Å². The number of hydrogen-bond acceptors (Lipinski definition) is 2. The summed E-state index contributed by atoms with van der Waals surface area (Å²) in [5.41, 5.74) is 0. The van der Waals surface area contributed by atoms with Crippen molar-refractivity contribution >= 4 is 29.9 Å². The zero-order chi connectivity index (χ0) is 14.3. The molecule has 0 atom stereocenters. The topological polar surface area (TPSA) is 28.1 Å². The molecule has 0 spiro atoms. The number of hydrogen-bond donors (Lipinski definition) is 0. The maximum absolute atomic E-state index is 12.7. The van der Waals surface area contributed by atoms with Gasteiger partial charge in [-0.3, -0.25) is 4.99 Å². The second-order valence-corrected chi connectivity index (χ2v) is 4.63. The average molecular weight is 395 g/mol. The Hall–Kier alpha value is -1.05. The summed E-state index contributed by atoms with van der Waals surface area (Å²) in [7, 11) is 7.86. The Morgan fingerprint density at radius 2 is 1.65 bits per heavy atom. The van der Waals surface area contributed by atoms with E-state index in [0.717, 1.165) is 12.4 Å². The van der Waals surface area contributed by atoms with Crippen LogP contribution < -0.4 is 4.74 Å². The van der Waals surface area contributed by atoms with Crippen molar-refractivity contribution in [3.63, 3.8) is 0 Å². The van der Waals surface area contributed by atoms with Gasteiger partial charge in [0.15, 0.2) is 5.96 Å². The number of halogens is 2. The third kappa shape index (κ3) is 6.93. The van der Waals surface area contributed by atoms with Crippen molar-refractivity contribution in [2.45, 2.75) is 6.42 Å². The fraction of sp³-hybridized carbons (Fsp3) is 0.500. The lowest BCUT2D eigenvalue weighted by molar-refractivity contribution is 0.312. The van der Waals surface area contributed by atoms with E-state index in [2.05, 4.69) is 4.99 Å². The normalized spacial score (nSPS) is 9.45. The van der Waals surface area contributed by atoms with Crippen LogP contribution in [0.15, 0.2) is 29.3 Å². The first-order valence-electron chi connectivity index (χ1n) is 6.28. The number of benzene rings is 1. The van der Waals surface area contributed by atoms with Gasteiger partial charge in [-0.2, -0.15) is 0 Å². The molecule has 0 bridgehead atoms. The molecule has 6 heteroatoms. The summed E-state index contributed by atoms with van der Waals surface area (Å²) in [5, 5.41) is 0. The summed E-state index contributed by atoms with van der Waals surface area (Å²) >= 11 is 0. The van der Waals surface area contributed by atoms with Crippen molar-refractivity contribution < 1.29 is 9.13 Å². The molecule has 0 saturated heterocycles. The lowest BCUT2D eigenvalue weighted by Gasteiger charge is -2.22. The Labute approximate surface area is 137 Å². The van der Waals surface area contributed by atoms with Gasteiger partial charge in [-0.1, -0.05) is 0 Å². The summed E-state index contributed by atoms with van der Waals surface area (Å²) in [4.78, 5) is 8.44. The Morgan fingerprint density at radius 3 is 2.15 bits per heavy atom. The number of guanidine groups is 1. The van der Waals surface area contributed by atoms with Crippen molar-refractivity contribution in [2.24, 2.45) is 4.99 Å². The number of nitrogens with zero attached hydrogens (tertiary/aromatic N) is 3. The summed E-state index contributed by atoms with van der Waals surface area (Å²) < 4.78 is 18.2. The molecule has 1 aromatic rings. The Kier molecular flexibility index (Phi) is 9.28. The Morgan fingerprint density at radius 1 is 1.10 bits per heavy atom. The fourth-order valence-corrected chi connectivity index (χ4v) is 1.65. The molecule has 0 heterocycles. The molecular formula is C14H23FIN3O. The summed E-state index contributed by atoms with van der Waals surface area (Å²) in [6, 6.07) is 6.04. The van der Waals surface area contributed by atoms with Gasteiger partial charge in [0.1, 0.15) is 11.6 Å². The van der Waals surface area contributed by atoms with Gasteiger partial charge >= 0.3 is 0 Å².